The Kier molecular flexibility index (Phi) is 13.2. The van der Waals surface area contributed by atoms with E-state index in [0.717, 1.165) is 16.7 Å². The third-order valence-electron chi connectivity index (χ3n) is 9.54. The Bertz CT molecular complexity index is 2110. The maximum atomic E-state index is 14.9. The molecule has 0 unspecified atom stereocenters. The van der Waals surface area contributed by atoms with E-state index in [1.807, 2.05) is 122 Å². The third kappa shape index (κ3) is 8.96. The number of fused-ring (bicyclic) bond motifs is 1. The molecule has 9 nitrogen and oxygen atoms in total. The quantitative estimate of drug-likeness (QED) is 0.0393. The molecule has 0 radical (unpaired) electrons. The molecule has 0 bridgehead atoms. The van der Waals surface area contributed by atoms with Gasteiger partial charge in [-0.3, -0.25) is 4.79 Å². The van der Waals surface area contributed by atoms with Gasteiger partial charge in [-0.25, -0.2) is 4.79 Å². The Morgan fingerprint density at radius 3 is 1.75 bits per heavy atom. The first-order valence-electron chi connectivity index (χ1n) is 18.5. The summed E-state index contributed by atoms with van der Waals surface area (Å²) in [5.74, 6) is -0.223. The van der Waals surface area contributed by atoms with Gasteiger partial charge in [0.05, 0.1) is 26.7 Å². The lowest BCUT2D eigenvalue weighted by molar-refractivity contribution is -0.170. The molecule has 1 aliphatic rings. The third-order valence-corrected chi connectivity index (χ3v) is 15.1. The minimum Gasteiger partial charge on any atom is -0.493 e. The molecule has 1 aliphatic carbocycles. The lowest BCUT2D eigenvalue weighted by Gasteiger charge is -2.45. The Morgan fingerprint density at radius 2 is 1.23 bits per heavy atom. The van der Waals surface area contributed by atoms with E-state index in [-0.39, 0.29) is 32.8 Å². The zero-order chi connectivity index (χ0) is 39.7. The minimum absolute atomic E-state index is 0.0438. The monoisotopic (exact) mass is 838 g/mol. The smallest absolute Gasteiger partial charge is 0.346 e. The second-order valence-corrected chi connectivity index (χ2v) is 19.7. The highest BCUT2D eigenvalue weighted by Gasteiger charge is 2.60. The number of hydrogen-bond acceptors (Lipinski definition) is 9. The van der Waals surface area contributed by atoms with Crippen molar-refractivity contribution in [1.82, 2.24) is 0 Å². The van der Waals surface area contributed by atoms with Crippen molar-refractivity contribution in [3.63, 3.8) is 0 Å². The SMILES string of the molecule is CCOC(=O)[C@@]1(O[Si](C)(C)CBr)C(=O)Cc2cc(OC)c(OCc3ccccc3)cc2[C@@H]1c1cc(OC)c(OCc2ccccc2)c(OCc2ccccc2)c1. The molecule has 0 fully saturated rings. The summed E-state index contributed by atoms with van der Waals surface area (Å²) in [4.78, 5) is 29.9. The van der Waals surface area contributed by atoms with Gasteiger partial charge in [0, 0.05) is 11.4 Å². The molecule has 0 heterocycles. The van der Waals surface area contributed by atoms with Crippen LogP contribution >= 0.6 is 15.9 Å². The molecular formula is C45H47BrO9Si. The van der Waals surface area contributed by atoms with E-state index < -0.39 is 31.6 Å². The van der Waals surface area contributed by atoms with Crippen LogP contribution in [-0.4, -0.2) is 51.5 Å². The van der Waals surface area contributed by atoms with E-state index in [0.29, 0.717) is 50.4 Å². The van der Waals surface area contributed by atoms with Crippen molar-refractivity contribution >= 4 is 36.0 Å². The summed E-state index contributed by atoms with van der Waals surface area (Å²) in [6.45, 7) is 6.40. The van der Waals surface area contributed by atoms with Gasteiger partial charge in [0.2, 0.25) is 11.4 Å². The summed E-state index contributed by atoms with van der Waals surface area (Å²) in [6.07, 6.45) is -0.0977. The number of carbonyl (C=O) groups is 2. The van der Waals surface area contributed by atoms with Crippen LogP contribution in [0.25, 0.3) is 0 Å². The number of halogens is 1. The minimum atomic E-state index is -2.76. The van der Waals surface area contributed by atoms with Crippen molar-refractivity contribution < 1.29 is 42.4 Å². The molecule has 11 heteroatoms. The van der Waals surface area contributed by atoms with Crippen LogP contribution in [0, 0.1) is 0 Å². The second-order valence-electron chi connectivity index (χ2n) is 14.1. The van der Waals surface area contributed by atoms with Crippen LogP contribution < -0.4 is 23.7 Å². The number of Topliss-reactive ketones (excluding diaryl/α,β-unsaturated/α-hetero) is 1. The molecule has 0 spiro atoms. The van der Waals surface area contributed by atoms with Crippen LogP contribution in [0.2, 0.25) is 13.1 Å². The molecule has 292 valence electrons. The Balaban J connectivity index is 1.58. The molecule has 5 aromatic rings. The average molecular weight is 840 g/mol. The molecule has 0 saturated carbocycles. The van der Waals surface area contributed by atoms with Crippen molar-refractivity contribution in [2.75, 3.05) is 25.8 Å². The standard InChI is InChI=1S/C45H47BrO9Si/c1-6-51-44(48)45(55-56(4,5)30-46)41(47)25-34-22-37(49-2)38(52-27-31-16-10-7-11-17-31)26-36(34)42(45)35-23-39(50-3)43(54-29-33-20-14-9-15-21-33)40(24-35)53-28-32-18-12-8-13-19-32/h7-24,26,42H,6,25,27-30H2,1-5H3/t42-,45+/m0/s1. The first-order chi connectivity index (χ1) is 27.1. The first-order valence-corrected chi connectivity index (χ1v) is 22.8. The number of carbonyl (C=O) groups excluding carboxylic acids is 2. The molecule has 5 aromatic carbocycles. The fourth-order valence-electron chi connectivity index (χ4n) is 6.87. The lowest BCUT2D eigenvalue weighted by Crippen LogP contribution is -2.62. The molecule has 0 saturated heterocycles. The van der Waals surface area contributed by atoms with Crippen molar-refractivity contribution in [3.8, 4) is 28.7 Å². The predicted octanol–water partition coefficient (Wildman–Crippen LogP) is 9.16. The summed E-state index contributed by atoms with van der Waals surface area (Å²) in [5, 5.41) is 0. The number of benzene rings is 5. The van der Waals surface area contributed by atoms with Crippen LogP contribution in [0.1, 0.15) is 46.2 Å². The van der Waals surface area contributed by atoms with Gasteiger partial charge in [-0.2, -0.15) is 0 Å². The van der Waals surface area contributed by atoms with Gasteiger partial charge < -0.3 is 32.8 Å². The maximum absolute atomic E-state index is 14.9. The Labute approximate surface area is 338 Å². The number of hydrogen-bond donors (Lipinski definition) is 0. The zero-order valence-electron chi connectivity index (χ0n) is 32.3. The maximum Gasteiger partial charge on any atom is 0.346 e. The number of ether oxygens (including phenoxy) is 6. The number of esters is 1. The van der Waals surface area contributed by atoms with Crippen LogP contribution in [0.15, 0.2) is 115 Å². The second kappa shape index (κ2) is 18.2. The average Bonchev–Trinajstić information content (AvgIpc) is 3.22. The van der Waals surface area contributed by atoms with Crippen molar-refractivity contribution in [2.24, 2.45) is 0 Å². The lowest BCUT2D eigenvalue weighted by atomic mass is 9.67. The molecule has 0 aliphatic heterocycles. The van der Waals surface area contributed by atoms with Crippen LogP contribution in [0.3, 0.4) is 0 Å². The van der Waals surface area contributed by atoms with E-state index in [4.69, 9.17) is 32.8 Å². The van der Waals surface area contributed by atoms with E-state index in [9.17, 15) is 9.59 Å². The van der Waals surface area contributed by atoms with E-state index >= 15 is 0 Å². The van der Waals surface area contributed by atoms with Crippen LogP contribution in [0.5, 0.6) is 28.7 Å². The number of ketones is 1. The zero-order valence-corrected chi connectivity index (χ0v) is 34.9. The van der Waals surface area contributed by atoms with E-state index in [1.165, 1.54) is 0 Å². The van der Waals surface area contributed by atoms with Gasteiger partial charge in [0.15, 0.2) is 37.1 Å². The predicted molar refractivity (Wildman–Crippen MR) is 221 cm³/mol. The highest BCUT2D eigenvalue weighted by atomic mass is 79.9. The molecule has 0 N–H and O–H groups in total. The van der Waals surface area contributed by atoms with Gasteiger partial charge in [-0.05, 0) is 77.7 Å². The molecule has 2 atom stereocenters. The van der Waals surface area contributed by atoms with Gasteiger partial charge >= 0.3 is 5.97 Å². The van der Waals surface area contributed by atoms with Crippen LogP contribution in [-0.2, 0) is 45.0 Å². The fourth-order valence-corrected chi connectivity index (χ4v) is 8.45. The first kappa shape index (κ1) is 40.6. The molecule has 0 amide bonds. The molecule has 6 rings (SSSR count). The molecular weight excluding hydrogens is 792 g/mol. The van der Waals surface area contributed by atoms with E-state index in [2.05, 4.69) is 15.9 Å². The highest BCUT2D eigenvalue weighted by molar-refractivity contribution is 9.09. The van der Waals surface area contributed by atoms with Crippen molar-refractivity contribution in [1.29, 1.82) is 0 Å². The van der Waals surface area contributed by atoms with Crippen molar-refractivity contribution in [2.45, 2.75) is 57.8 Å². The molecule has 0 aromatic heterocycles. The summed E-state index contributed by atoms with van der Waals surface area (Å²) >= 11 is 3.61. The largest absolute Gasteiger partial charge is 0.493 e. The van der Waals surface area contributed by atoms with Gasteiger partial charge in [-0.1, -0.05) is 107 Å². The Hall–Kier alpha value is -5.10. The fraction of sp³-hybridized carbons (Fsp3) is 0.289. The topological polar surface area (TPSA) is 98.8 Å². The number of methoxy groups -OCH3 is 2. The van der Waals surface area contributed by atoms with Crippen molar-refractivity contribution in [3.05, 3.63) is 149 Å². The summed E-state index contributed by atoms with van der Waals surface area (Å²) in [6, 6.07) is 36.6. The summed E-state index contributed by atoms with van der Waals surface area (Å²) < 4.78 is 44.0. The van der Waals surface area contributed by atoms with Gasteiger partial charge in [0.25, 0.3) is 0 Å². The highest BCUT2D eigenvalue weighted by Crippen LogP contribution is 2.52. The summed E-state index contributed by atoms with van der Waals surface area (Å²) in [5.41, 5.74) is 2.63. The van der Waals surface area contributed by atoms with E-state index in [1.54, 1.807) is 27.2 Å². The van der Waals surface area contributed by atoms with Gasteiger partial charge in [-0.15, -0.1) is 0 Å². The number of rotatable bonds is 17. The van der Waals surface area contributed by atoms with Crippen LogP contribution in [0.4, 0.5) is 0 Å². The van der Waals surface area contributed by atoms with Gasteiger partial charge in [0.1, 0.15) is 19.8 Å². The number of alkyl halides is 1. The summed E-state index contributed by atoms with van der Waals surface area (Å²) in [7, 11) is 0.346. The normalized spacial score (nSPS) is 16.4. The molecule has 56 heavy (non-hydrogen) atoms. The Morgan fingerprint density at radius 1 is 0.714 bits per heavy atom.